The summed E-state index contributed by atoms with van der Waals surface area (Å²) in [5, 5.41) is 15.5. The summed E-state index contributed by atoms with van der Waals surface area (Å²) in [7, 11) is 0. The number of aliphatic carboxylic acids is 1. The Morgan fingerprint density at radius 3 is 2.85 bits per heavy atom. The quantitative estimate of drug-likeness (QED) is 0.742. The normalized spacial score (nSPS) is 10.8. The Kier molecular flexibility index (Phi) is 3.71. The molecule has 0 bridgehead atoms. The summed E-state index contributed by atoms with van der Waals surface area (Å²) in [5.41, 5.74) is 1.09. The van der Waals surface area contributed by atoms with Crippen LogP contribution in [0.25, 0.3) is 10.1 Å². The first-order valence-electron chi connectivity index (χ1n) is 6.21. The van der Waals surface area contributed by atoms with E-state index in [1.54, 1.807) is 22.7 Å². The molecule has 5 heteroatoms. The first kappa shape index (κ1) is 13.1. The maximum absolute atomic E-state index is 10.6. The predicted molar refractivity (Wildman–Crippen MR) is 84.8 cm³/mol. The van der Waals surface area contributed by atoms with Crippen molar-refractivity contribution in [1.29, 1.82) is 0 Å². The Morgan fingerprint density at radius 1 is 1.15 bits per heavy atom. The number of carboxylic acids is 1. The third kappa shape index (κ3) is 3.00. The molecule has 0 aliphatic heterocycles. The third-order valence-electron chi connectivity index (χ3n) is 2.96. The van der Waals surface area contributed by atoms with Gasteiger partial charge in [0, 0.05) is 26.7 Å². The number of hydrogen-bond donors (Lipinski definition) is 2. The highest BCUT2D eigenvalue weighted by atomic mass is 32.1. The summed E-state index contributed by atoms with van der Waals surface area (Å²) < 4.78 is 1.29. The lowest BCUT2D eigenvalue weighted by Gasteiger charge is -2.04. The van der Waals surface area contributed by atoms with Gasteiger partial charge in [-0.05, 0) is 47.2 Å². The highest BCUT2D eigenvalue weighted by Gasteiger charge is 2.05. The Bertz CT molecular complexity index is 745. The van der Waals surface area contributed by atoms with Crippen LogP contribution in [0.1, 0.15) is 9.75 Å². The minimum absolute atomic E-state index is 0.103. The van der Waals surface area contributed by atoms with Crippen LogP contribution in [0, 0.1) is 0 Å². The van der Waals surface area contributed by atoms with Crippen LogP contribution in [-0.2, 0) is 17.8 Å². The molecule has 3 rings (SSSR count). The molecule has 0 fully saturated rings. The molecule has 0 unspecified atom stereocenters. The lowest BCUT2D eigenvalue weighted by Crippen LogP contribution is -1.97. The molecule has 3 nitrogen and oxygen atoms in total. The van der Waals surface area contributed by atoms with Crippen LogP contribution < -0.4 is 5.32 Å². The molecule has 0 saturated heterocycles. The molecule has 0 aliphatic carbocycles. The van der Waals surface area contributed by atoms with E-state index in [0.29, 0.717) is 0 Å². The molecule has 2 N–H and O–H groups in total. The number of rotatable bonds is 5. The average Bonchev–Trinajstić information content (AvgIpc) is 3.03. The maximum atomic E-state index is 10.6. The van der Waals surface area contributed by atoms with Gasteiger partial charge in [-0.3, -0.25) is 4.79 Å². The first-order valence-corrected chi connectivity index (χ1v) is 7.91. The standard InChI is InChI=1S/C15H13NO2S2/c17-15(18)8-12-2-3-13(20-12)9-16-11-1-4-14-10(7-11)5-6-19-14/h1-7,16H,8-9H2,(H,17,18). The van der Waals surface area contributed by atoms with Crippen LogP contribution in [0.4, 0.5) is 5.69 Å². The molecule has 0 saturated carbocycles. The molecule has 102 valence electrons. The fourth-order valence-corrected chi connectivity index (χ4v) is 3.75. The molecule has 0 aliphatic rings. The molecule has 0 atom stereocenters. The fourth-order valence-electron chi connectivity index (χ4n) is 2.03. The Morgan fingerprint density at radius 2 is 2.00 bits per heavy atom. The summed E-state index contributed by atoms with van der Waals surface area (Å²) in [6, 6.07) is 12.3. The molecular weight excluding hydrogens is 290 g/mol. The number of fused-ring (bicyclic) bond motifs is 1. The second-order valence-corrected chi connectivity index (χ2v) is 6.67. The number of nitrogens with one attached hydrogen (secondary N) is 1. The summed E-state index contributed by atoms with van der Waals surface area (Å²) in [6.45, 7) is 0.722. The van der Waals surface area contributed by atoms with Crippen molar-refractivity contribution in [1.82, 2.24) is 0 Å². The van der Waals surface area contributed by atoms with E-state index in [1.807, 2.05) is 12.1 Å². The number of thiophene rings is 2. The van der Waals surface area contributed by atoms with Crippen molar-refractivity contribution in [3.05, 3.63) is 51.5 Å². The van der Waals surface area contributed by atoms with Gasteiger partial charge in [-0.25, -0.2) is 0 Å². The van der Waals surface area contributed by atoms with Crippen molar-refractivity contribution >= 4 is 44.4 Å². The number of benzene rings is 1. The third-order valence-corrected chi connectivity index (χ3v) is 4.95. The van der Waals surface area contributed by atoms with E-state index >= 15 is 0 Å². The molecule has 0 amide bonds. The molecule has 0 radical (unpaired) electrons. The zero-order chi connectivity index (χ0) is 13.9. The molecule has 3 aromatic rings. The van der Waals surface area contributed by atoms with E-state index in [4.69, 9.17) is 5.11 Å². The second-order valence-electron chi connectivity index (χ2n) is 4.47. The largest absolute Gasteiger partial charge is 0.481 e. The number of carbonyl (C=O) groups is 1. The van der Waals surface area contributed by atoms with Crippen molar-refractivity contribution in [2.24, 2.45) is 0 Å². The Balaban J connectivity index is 1.66. The first-order chi connectivity index (χ1) is 9.70. The van der Waals surface area contributed by atoms with Crippen LogP contribution in [0.3, 0.4) is 0 Å². The molecule has 20 heavy (non-hydrogen) atoms. The van der Waals surface area contributed by atoms with Gasteiger partial charge in [0.1, 0.15) is 0 Å². The second kappa shape index (κ2) is 5.64. The van der Waals surface area contributed by atoms with Gasteiger partial charge in [0.15, 0.2) is 0 Å². The zero-order valence-electron chi connectivity index (χ0n) is 10.6. The van der Waals surface area contributed by atoms with Crippen LogP contribution in [0.2, 0.25) is 0 Å². The fraction of sp³-hybridized carbons (Fsp3) is 0.133. The van der Waals surface area contributed by atoms with E-state index in [1.165, 1.54) is 10.1 Å². The van der Waals surface area contributed by atoms with E-state index in [0.717, 1.165) is 22.0 Å². The number of hydrogen-bond acceptors (Lipinski definition) is 4. The van der Waals surface area contributed by atoms with Gasteiger partial charge in [-0.1, -0.05) is 0 Å². The summed E-state index contributed by atoms with van der Waals surface area (Å²) in [5.74, 6) is -0.783. The van der Waals surface area contributed by atoms with Crippen molar-refractivity contribution in [3.63, 3.8) is 0 Å². The molecule has 2 aromatic heterocycles. The minimum atomic E-state index is -0.783. The van der Waals surface area contributed by atoms with Gasteiger partial charge < -0.3 is 10.4 Å². The van der Waals surface area contributed by atoms with Crippen molar-refractivity contribution in [3.8, 4) is 0 Å². The van der Waals surface area contributed by atoms with Gasteiger partial charge in [0.2, 0.25) is 0 Å². The van der Waals surface area contributed by atoms with E-state index in [9.17, 15) is 4.79 Å². The molecule has 2 heterocycles. The van der Waals surface area contributed by atoms with Crippen molar-refractivity contribution < 1.29 is 9.90 Å². The van der Waals surface area contributed by atoms with E-state index in [2.05, 4.69) is 35.0 Å². The summed E-state index contributed by atoms with van der Waals surface area (Å²) in [4.78, 5) is 12.7. The lowest BCUT2D eigenvalue weighted by atomic mass is 10.2. The summed E-state index contributed by atoms with van der Waals surface area (Å²) in [6.07, 6.45) is 0.103. The monoisotopic (exact) mass is 303 g/mol. The Hall–Kier alpha value is -1.85. The molecule has 0 spiro atoms. The summed E-state index contributed by atoms with van der Waals surface area (Å²) >= 11 is 3.28. The topological polar surface area (TPSA) is 49.3 Å². The van der Waals surface area contributed by atoms with Gasteiger partial charge >= 0.3 is 5.97 Å². The van der Waals surface area contributed by atoms with E-state index in [-0.39, 0.29) is 6.42 Å². The SMILES string of the molecule is O=C(O)Cc1ccc(CNc2ccc3sccc3c2)s1. The van der Waals surface area contributed by atoms with Gasteiger partial charge in [-0.2, -0.15) is 0 Å². The van der Waals surface area contributed by atoms with Crippen LogP contribution in [0.15, 0.2) is 41.8 Å². The molecular formula is C15H13NO2S2. The van der Waals surface area contributed by atoms with E-state index < -0.39 is 5.97 Å². The minimum Gasteiger partial charge on any atom is -0.481 e. The smallest absolute Gasteiger partial charge is 0.308 e. The highest BCUT2D eigenvalue weighted by molar-refractivity contribution is 7.17. The van der Waals surface area contributed by atoms with Gasteiger partial charge in [0.05, 0.1) is 6.42 Å². The van der Waals surface area contributed by atoms with Crippen molar-refractivity contribution in [2.75, 3.05) is 5.32 Å². The average molecular weight is 303 g/mol. The highest BCUT2D eigenvalue weighted by Crippen LogP contribution is 2.25. The van der Waals surface area contributed by atoms with Crippen LogP contribution in [0.5, 0.6) is 0 Å². The van der Waals surface area contributed by atoms with Crippen LogP contribution in [-0.4, -0.2) is 11.1 Å². The van der Waals surface area contributed by atoms with Crippen LogP contribution >= 0.6 is 22.7 Å². The number of anilines is 1. The van der Waals surface area contributed by atoms with Gasteiger partial charge in [0.25, 0.3) is 0 Å². The predicted octanol–water partition coefficient (Wildman–Crippen LogP) is 4.20. The molecule has 1 aromatic carbocycles. The lowest BCUT2D eigenvalue weighted by molar-refractivity contribution is -0.136. The number of carboxylic acid groups (broad SMARTS) is 1. The van der Waals surface area contributed by atoms with Gasteiger partial charge in [-0.15, -0.1) is 22.7 Å². The zero-order valence-corrected chi connectivity index (χ0v) is 12.3. The van der Waals surface area contributed by atoms with Crippen molar-refractivity contribution in [2.45, 2.75) is 13.0 Å². The Labute approximate surface area is 124 Å². The maximum Gasteiger partial charge on any atom is 0.308 e.